The first-order chi connectivity index (χ1) is 6.74. The Bertz CT molecular complexity index is 276. The van der Waals surface area contributed by atoms with Crippen LogP contribution in [-0.2, 0) is 6.54 Å². The molecule has 0 aromatic heterocycles. The molecule has 0 aliphatic carbocycles. The van der Waals surface area contributed by atoms with Gasteiger partial charge >= 0.3 is 0 Å². The molecule has 0 radical (unpaired) electrons. The highest BCUT2D eigenvalue weighted by atomic mass is 19.1. The lowest BCUT2D eigenvalue weighted by atomic mass is 10.2. The van der Waals surface area contributed by atoms with Crippen LogP contribution < -0.4 is 5.32 Å². The zero-order chi connectivity index (χ0) is 10.4. The second-order valence-corrected chi connectivity index (χ2v) is 3.43. The van der Waals surface area contributed by atoms with Crippen LogP contribution >= 0.6 is 0 Å². The highest BCUT2D eigenvalue weighted by Gasteiger charge is 2.03. The molecule has 0 unspecified atom stereocenters. The quantitative estimate of drug-likeness (QED) is 0.767. The molecule has 0 saturated heterocycles. The van der Waals surface area contributed by atoms with Crippen LogP contribution in [0.1, 0.15) is 5.56 Å². The van der Waals surface area contributed by atoms with Gasteiger partial charge in [-0.1, -0.05) is 18.2 Å². The molecule has 0 amide bonds. The fourth-order valence-electron chi connectivity index (χ4n) is 1.30. The largest absolute Gasteiger partial charge is 0.318 e. The molecular formula is C11H17FN2. The van der Waals surface area contributed by atoms with Crippen molar-refractivity contribution in [3.05, 3.63) is 35.6 Å². The molecular weight excluding hydrogens is 179 g/mol. The van der Waals surface area contributed by atoms with Crippen LogP contribution in [0.5, 0.6) is 0 Å². The van der Waals surface area contributed by atoms with Crippen molar-refractivity contribution in [1.29, 1.82) is 0 Å². The molecule has 1 aromatic rings. The maximum atomic E-state index is 13.2. The van der Waals surface area contributed by atoms with Crippen molar-refractivity contribution < 1.29 is 4.39 Å². The predicted molar refractivity (Wildman–Crippen MR) is 56.7 cm³/mol. The Kier molecular flexibility index (Phi) is 4.56. The number of hydrogen-bond donors (Lipinski definition) is 1. The van der Waals surface area contributed by atoms with Crippen LogP contribution in [0.25, 0.3) is 0 Å². The number of rotatable bonds is 5. The summed E-state index contributed by atoms with van der Waals surface area (Å²) in [7, 11) is 3.90. The van der Waals surface area contributed by atoms with Crippen molar-refractivity contribution in [2.24, 2.45) is 0 Å². The third-order valence-electron chi connectivity index (χ3n) is 2.14. The number of nitrogens with one attached hydrogen (secondary N) is 1. The minimum Gasteiger partial charge on any atom is -0.318 e. The second kappa shape index (κ2) is 5.73. The smallest absolute Gasteiger partial charge is 0.127 e. The van der Waals surface area contributed by atoms with Crippen LogP contribution in [0.3, 0.4) is 0 Å². The maximum Gasteiger partial charge on any atom is 0.127 e. The van der Waals surface area contributed by atoms with Gasteiger partial charge in [0.1, 0.15) is 5.82 Å². The number of likely N-dealkylation sites (N-methyl/N-ethyl adjacent to an activating group) is 2. The van der Waals surface area contributed by atoms with E-state index in [1.165, 1.54) is 6.07 Å². The van der Waals surface area contributed by atoms with E-state index in [4.69, 9.17) is 0 Å². The first-order valence-electron chi connectivity index (χ1n) is 4.80. The minimum absolute atomic E-state index is 0.121. The summed E-state index contributed by atoms with van der Waals surface area (Å²) in [4.78, 5) is 2.09. The Morgan fingerprint density at radius 1 is 1.36 bits per heavy atom. The topological polar surface area (TPSA) is 15.3 Å². The van der Waals surface area contributed by atoms with Crippen LogP contribution in [0.2, 0.25) is 0 Å². The van der Waals surface area contributed by atoms with E-state index in [2.05, 4.69) is 10.2 Å². The van der Waals surface area contributed by atoms with Crippen LogP contribution in [-0.4, -0.2) is 32.1 Å². The Balaban J connectivity index is 2.47. The lowest BCUT2D eigenvalue weighted by molar-refractivity contribution is 0.322. The van der Waals surface area contributed by atoms with Gasteiger partial charge in [-0.2, -0.15) is 0 Å². The van der Waals surface area contributed by atoms with Gasteiger partial charge in [0.2, 0.25) is 0 Å². The first kappa shape index (κ1) is 11.1. The molecule has 0 fully saturated rings. The summed E-state index contributed by atoms with van der Waals surface area (Å²) in [6, 6.07) is 6.91. The number of hydrogen-bond acceptors (Lipinski definition) is 2. The van der Waals surface area contributed by atoms with Crippen molar-refractivity contribution in [2.45, 2.75) is 6.54 Å². The predicted octanol–water partition coefficient (Wildman–Crippen LogP) is 1.48. The third-order valence-corrected chi connectivity index (χ3v) is 2.14. The fourth-order valence-corrected chi connectivity index (χ4v) is 1.30. The van der Waals surface area contributed by atoms with Gasteiger partial charge in [-0.05, 0) is 20.2 Å². The summed E-state index contributed by atoms with van der Waals surface area (Å²) in [6.07, 6.45) is 0. The van der Waals surface area contributed by atoms with Gasteiger partial charge in [-0.15, -0.1) is 0 Å². The Morgan fingerprint density at radius 3 is 2.71 bits per heavy atom. The SMILES string of the molecule is CNCCN(C)Cc1ccccc1F. The van der Waals surface area contributed by atoms with Gasteiger partial charge in [0.25, 0.3) is 0 Å². The van der Waals surface area contributed by atoms with E-state index in [1.54, 1.807) is 6.07 Å². The molecule has 14 heavy (non-hydrogen) atoms. The number of nitrogens with zero attached hydrogens (tertiary/aromatic N) is 1. The second-order valence-electron chi connectivity index (χ2n) is 3.43. The average Bonchev–Trinajstić information content (AvgIpc) is 2.18. The molecule has 0 aliphatic rings. The van der Waals surface area contributed by atoms with E-state index in [9.17, 15) is 4.39 Å². The standard InChI is InChI=1S/C11H17FN2/c1-13-7-8-14(2)9-10-5-3-4-6-11(10)12/h3-6,13H,7-9H2,1-2H3. The van der Waals surface area contributed by atoms with E-state index in [-0.39, 0.29) is 5.82 Å². The summed E-state index contributed by atoms with van der Waals surface area (Å²) in [6.45, 7) is 2.50. The van der Waals surface area contributed by atoms with Crippen molar-refractivity contribution in [3.8, 4) is 0 Å². The van der Waals surface area contributed by atoms with Gasteiger partial charge in [-0.3, -0.25) is 0 Å². The van der Waals surface area contributed by atoms with Crippen molar-refractivity contribution >= 4 is 0 Å². The Hall–Kier alpha value is -0.930. The van der Waals surface area contributed by atoms with Crippen molar-refractivity contribution in [2.75, 3.05) is 27.2 Å². The Labute approximate surface area is 84.7 Å². The lowest BCUT2D eigenvalue weighted by Crippen LogP contribution is -2.27. The molecule has 78 valence electrons. The molecule has 3 heteroatoms. The van der Waals surface area contributed by atoms with E-state index < -0.39 is 0 Å². The first-order valence-corrected chi connectivity index (χ1v) is 4.80. The van der Waals surface area contributed by atoms with Gasteiger partial charge < -0.3 is 10.2 Å². The zero-order valence-electron chi connectivity index (χ0n) is 8.76. The van der Waals surface area contributed by atoms with E-state index in [0.29, 0.717) is 6.54 Å². The molecule has 0 bridgehead atoms. The van der Waals surface area contributed by atoms with Gasteiger partial charge in [0.15, 0.2) is 0 Å². The summed E-state index contributed by atoms with van der Waals surface area (Å²) in [5, 5.41) is 3.06. The van der Waals surface area contributed by atoms with Gasteiger partial charge in [0.05, 0.1) is 0 Å². The lowest BCUT2D eigenvalue weighted by Gasteiger charge is -2.16. The minimum atomic E-state index is -0.121. The van der Waals surface area contributed by atoms with Crippen LogP contribution in [0.4, 0.5) is 4.39 Å². The molecule has 0 aliphatic heterocycles. The van der Waals surface area contributed by atoms with E-state index >= 15 is 0 Å². The van der Waals surface area contributed by atoms with Crippen LogP contribution in [0.15, 0.2) is 24.3 Å². The number of halogens is 1. The highest BCUT2D eigenvalue weighted by Crippen LogP contribution is 2.08. The summed E-state index contributed by atoms with van der Waals surface area (Å²) in [5.41, 5.74) is 0.756. The maximum absolute atomic E-state index is 13.2. The van der Waals surface area contributed by atoms with Crippen molar-refractivity contribution in [1.82, 2.24) is 10.2 Å². The van der Waals surface area contributed by atoms with E-state index in [0.717, 1.165) is 18.7 Å². The molecule has 0 spiro atoms. The average molecular weight is 196 g/mol. The highest BCUT2D eigenvalue weighted by molar-refractivity contribution is 5.16. The summed E-state index contributed by atoms with van der Waals surface area (Å²) in [5.74, 6) is -0.121. The molecule has 1 rings (SSSR count). The Morgan fingerprint density at radius 2 is 2.07 bits per heavy atom. The summed E-state index contributed by atoms with van der Waals surface area (Å²) < 4.78 is 13.2. The monoisotopic (exact) mass is 196 g/mol. The molecule has 2 nitrogen and oxygen atoms in total. The number of benzene rings is 1. The third kappa shape index (κ3) is 3.44. The molecule has 0 heterocycles. The van der Waals surface area contributed by atoms with Gasteiger partial charge in [0, 0.05) is 25.2 Å². The molecule has 1 N–H and O–H groups in total. The van der Waals surface area contributed by atoms with Crippen molar-refractivity contribution in [3.63, 3.8) is 0 Å². The van der Waals surface area contributed by atoms with Gasteiger partial charge in [-0.25, -0.2) is 4.39 Å². The zero-order valence-corrected chi connectivity index (χ0v) is 8.76. The molecule has 0 saturated carbocycles. The molecule has 1 aromatic carbocycles. The van der Waals surface area contributed by atoms with Crippen LogP contribution in [0, 0.1) is 5.82 Å². The fraction of sp³-hybridized carbons (Fsp3) is 0.455. The summed E-state index contributed by atoms with van der Waals surface area (Å²) >= 11 is 0. The van der Waals surface area contributed by atoms with E-state index in [1.807, 2.05) is 26.2 Å². The normalized spacial score (nSPS) is 10.9. The molecule has 0 atom stereocenters.